The van der Waals surface area contributed by atoms with E-state index in [1.165, 1.54) is 0 Å². The van der Waals surface area contributed by atoms with Crippen LogP contribution in [0.2, 0.25) is 5.02 Å². The van der Waals surface area contributed by atoms with Crippen LogP contribution in [0.5, 0.6) is 11.5 Å². The molecular weight excluding hydrogens is 230 g/mol. The van der Waals surface area contributed by atoms with Crippen LogP contribution in [0.4, 0.5) is 0 Å². The van der Waals surface area contributed by atoms with Gasteiger partial charge in [0, 0.05) is 6.42 Å². The van der Waals surface area contributed by atoms with Gasteiger partial charge < -0.3 is 15.2 Å². The number of ketones is 1. The van der Waals surface area contributed by atoms with E-state index < -0.39 is 0 Å². The van der Waals surface area contributed by atoms with Crippen molar-refractivity contribution in [3.05, 3.63) is 22.7 Å². The molecule has 1 aromatic rings. The number of Topliss-reactive ketones (excluding diaryl/α,β-unsaturated/α-hetero) is 1. The maximum absolute atomic E-state index is 11.7. The van der Waals surface area contributed by atoms with Crippen molar-refractivity contribution < 1.29 is 14.3 Å². The molecule has 1 heterocycles. The molecule has 5 heteroatoms. The topological polar surface area (TPSA) is 61.6 Å². The maximum atomic E-state index is 11.7. The van der Waals surface area contributed by atoms with Crippen LogP contribution < -0.4 is 15.2 Å². The predicted octanol–water partition coefficient (Wildman–Crippen LogP) is 1.64. The quantitative estimate of drug-likeness (QED) is 0.800. The molecule has 0 unspecified atom stereocenters. The molecule has 1 aliphatic heterocycles. The van der Waals surface area contributed by atoms with Crippen LogP contribution in [0.25, 0.3) is 0 Å². The summed E-state index contributed by atoms with van der Waals surface area (Å²) in [5, 5.41) is 0.347. The first kappa shape index (κ1) is 11.2. The van der Waals surface area contributed by atoms with Gasteiger partial charge in [-0.05, 0) is 12.1 Å². The first-order chi connectivity index (χ1) is 7.74. The molecule has 0 aromatic heterocycles. The Labute approximate surface area is 98.3 Å². The molecule has 2 N–H and O–H groups in total. The zero-order chi connectivity index (χ0) is 11.5. The molecule has 0 fully saturated rings. The van der Waals surface area contributed by atoms with Gasteiger partial charge in [0.15, 0.2) is 17.3 Å². The van der Waals surface area contributed by atoms with E-state index in [2.05, 4.69) is 0 Å². The van der Waals surface area contributed by atoms with E-state index in [1.54, 1.807) is 12.1 Å². The van der Waals surface area contributed by atoms with Gasteiger partial charge in [0.05, 0.1) is 30.3 Å². The van der Waals surface area contributed by atoms with E-state index >= 15 is 0 Å². The van der Waals surface area contributed by atoms with Gasteiger partial charge in [0.2, 0.25) is 0 Å². The third-order valence-corrected chi connectivity index (χ3v) is 2.64. The van der Waals surface area contributed by atoms with Gasteiger partial charge in [0.1, 0.15) is 0 Å². The maximum Gasteiger partial charge on any atom is 0.181 e. The Morgan fingerprint density at radius 1 is 1.38 bits per heavy atom. The van der Waals surface area contributed by atoms with Crippen molar-refractivity contribution in [3.8, 4) is 11.5 Å². The Kier molecular flexibility index (Phi) is 3.31. The van der Waals surface area contributed by atoms with Crippen molar-refractivity contribution in [1.82, 2.24) is 0 Å². The highest BCUT2D eigenvalue weighted by Gasteiger charge is 2.21. The molecule has 4 nitrogen and oxygen atoms in total. The van der Waals surface area contributed by atoms with E-state index in [9.17, 15) is 4.79 Å². The lowest BCUT2D eigenvalue weighted by Crippen LogP contribution is -2.15. The molecule has 0 saturated carbocycles. The van der Waals surface area contributed by atoms with Crippen molar-refractivity contribution in [2.75, 3.05) is 19.8 Å². The Morgan fingerprint density at radius 3 is 2.88 bits per heavy atom. The summed E-state index contributed by atoms with van der Waals surface area (Å²) in [6, 6.07) is 3.33. The highest BCUT2D eigenvalue weighted by Crippen LogP contribution is 2.37. The summed E-state index contributed by atoms with van der Waals surface area (Å²) in [6.07, 6.45) is 0.780. The van der Waals surface area contributed by atoms with Crippen molar-refractivity contribution in [3.63, 3.8) is 0 Å². The number of rotatable bonds is 2. The Balaban J connectivity index is 2.53. The molecule has 2 rings (SSSR count). The summed E-state index contributed by atoms with van der Waals surface area (Å²) in [5.41, 5.74) is 5.66. The fourth-order valence-corrected chi connectivity index (χ4v) is 1.83. The zero-order valence-electron chi connectivity index (χ0n) is 8.66. The second-order valence-corrected chi connectivity index (χ2v) is 3.83. The van der Waals surface area contributed by atoms with E-state index in [0.29, 0.717) is 35.3 Å². The standard InChI is InChI=1S/C11H12ClNO3/c12-7-2-3-9-11(10(7)8(14)6-13)16-5-1-4-15-9/h2-3H,1,4-6,13H2. The summed E-state index contributed by atoms with van der Waals surface area (Å²) < 4.78 is 11.0. The fourth-order valence-electron chi connectivity index (χ4n) is 1.57. The molecule has 1 aromatic carbocycles. The van der Waals surface area contributed by atoms with Gasteiger partial charge >= 0.3 is 0 Å². The molecule has 0 amide bonds. The first-order valence-corrected chi connectivity index (χ1v) is 5.43. The number of carbonyl (C=O) groups is 1. The number of fused-ring (bicyclic) bond motifs is 1. The van der Waals surface area contributed by atoms with Crippen LogP contribution in [0.3, 0.4) is 0 Å². The number of nitrogens with two attached hydrogens (primary N) is 1. The zero-order valence-corrected chi connectivity index (χ0v) is 9.42. The molecule has 86 valence electrons. The predicted molar refractivity (Wildman–Crippen MR) is 60.4 cm³/mol. The van der Waals surface area contributed by atoms with Crippen molar-refractivity contribution in [2.24, 2.45) is 5.73 Å². The highest BCUT2D eigenvalue weighted by atomic mass is 35.5. The van der Waals surface area contributed by atoms with Crippen molar-refractivity contribution in [2.45, 2.75) is 6.42 Å². The number of hydrogen-bond acceptors (Lipinski definition) is 4. The van der Waals surface area contributed by atoms with Crippen LogP contribution in [0, 0.1) is 0 Å². The molecule has 0 spiro atoms. The lowest BCUT2D eigenvalue weighted by molar-refractivity contribution is 0.0997. The summed E-state index contributed by atoms with van der Waals surface area (Å²) in [4.78, 5) is 11.7. The molecule has 0 radical (unpaired) electrons. The Morgan fingerprint density at radius 2 is 2.12 bits per heavy atom. The minimum Gasteiger partial charge on any atom is -0.490 e. The van der Waals surface area contributed by atoms with Crippen molar-refractivity contribution in [1.29, 1.82) is 0 Å². The minimum absolute atomic E-state index is 0.0977. The fraction of sp³-hybridized carbons (Fsp3) is 0.364. The second-order valence-electron chi connectivity index (χ2n) is 3.43. The first-order valence-electron chi connectivity index (χ1n) is 5.05. The van der Waals surface area contributed by atoms with Gasteiger partial charge in [-0.2, -0.15) is 0 Å². The molecule has 0 aliphatic carbocycles. The molecule has 0 atom stereocenters. The normalized spacial score (nSPS) is 14.4. The van der Waals surface area contributed by atoms with Crippen LogP contribution in [-0.4, -0.2) is 25.5 Å². The van der Waals surface area contributed by atoms with Crippen LogP contribution >= 0.6 is 11.6 Å². The van der Waals surface area contributed by atoms with Gasteiger partial charge in [0.25, 0.3) is 0 Å². The Bertz CT molecular complexity index is 420. The lowest BCUT2D eigenvalue weighted by atomic mass is 10.1. The number of ether oxygens (including phenoxy) is 2. The van der Waals surface area contributed by atoms with E-state index in [0.717, 1.165) is 6.42 Å². The van der Waals surface area contributed by atoms with Gasteiger partial charge in [-0.15, -0.1) is 0 Å². The monoisotopic (exact) mass is 241 g/mol. The van der Waals surface area contributed by atoms with Gasteiger partial charge in [-0.3, -0.25) is 4.79 Å². The van der Waals surface area contributed by atoms with Crippen molar-refractivity contribution >= 4 is 17.4 Å². The third kappa shape index (κ3) is 1.99. The average Bonchev–Trinajstić information content (AvgIpc) is 2.53. The Hall–Kier alpha value is -1.26. The number of halogens is 1. The molecule has 16 heavy (non-hydrogen) atoms. The van der Waals surface area contributed by atoms with E-state index in [4.69, 9.17) is 26.8 Å². The van der Waals surface area contributed by atoms with Crippen LogP contribution in [0.1, 0.15) is 16.8 Å². The van der Waals surface area contributed by atoms with Crippen LogP contribution in [-0.2, 0) is 0 Å². The minimum atomic E-state index is -0.243. The van der Waals surface area contributed by atoms with Gasteiger partial charge in [-0.1, -0.05) is 11.6 Å². The largest absolute Gasteiger partial charge is 0.490 e. The summed E-state index contributed by atoms with van der Waals surface area (Å²) in [6.45, 7) is 0.989. The molecule has 0 bridgehead atoms. The highest BCUT2D eigenvalue weighted by molar-refractivity contribution is 6.34. The van der Waals surface area contributed by atoms with Crippen LogP contribution in [0.15, 0.2) is 12.1 Å². The van der Waals surface area contributed by atoms with E-state index in [1.807, 2.05) is 0 Å². The number of carbonyl (C=O) groups excluding carboxylic acids is 1. The molecule has 1 aliphatic rings. The lowest BCUT2D eigenvalue weighted by Gasteiger charge is -2.12. The molecule has 0 saturated heterocycles. The summed E-state index contributed by atoms with van der Waals surface area (Å²) in [7, 11) is 0. The number of hydrogen-bond donors (Lipinski definition) is 1. The smallest absolute Gasteiger partial charge is 0.181 e. The SMILES string of the molecule is NCC(=O)c1c(Cl)ccc2c1OCCCO2. The average molecular weight is 242 g/mol. The second kappa shape index (κ2) is 4.72. The van der Waals surface area contributed by atoms with E-state index in [-0.39, 0.29) is 12.3 Å². The van der Waals surface area contributed by atoms with Gasteiger partial charge in [-0.25, -0.2) is 0 Å². The summed E-state index contributed by atoms with van der Waals surface area (Å²) >= 11 is 5.98. The third-order valence-electron chi connectivity index (χ3n) is 2.33. The summed E-state index contributed by atoms with van der Waals surface area (Å²) in [5.74, 6) is 0.728. The number of benzene rings is 1. The molecular formula is C11H12ClNO3.